The summed E-state index contributed by atoms with van der Waals surface area (Å²) in [6.45, 7) is 7.73. The van der Waals surface area contributed by atoms with Gasteiger partial charge in [0.05, 0.1) is 0 Å². The third-order valence-electron chi connectivity index (χ3n) is 3.83. The second kappa shape index (κ2) is 5.62. The van der Waals surface area contributed by atoms with Gasteiger partial charge in [-0.25, -0.2) is 4.39 Å². The molecule has 1 aromatic carbocycles. The van der Waals surface area contributed by atoms with Crippen LogP contribution in [0.1, 0.15) is 33.6 Å². The molecule has 1 saturated carbocycles. The summed E-state index contributed by atoms with van der Waals surface area (Å²) in [4.78, 5) is 0.781. The molecule has 0 bridgehead atoms. The molecular formula is C15H22FNS. The van der Waals surface area contributed by atoms with Crippen molar-refractivity contribution < 1.29 is 4.39 Å². The standard InChI is InChI=1S/C15H22FNS/c1-4-17-14-13(9-10-15(14,2)3)18-12-8-6-5-7-11(12)16/h5-8,13-14,17H,4,9-10H2,1-3H3. The third kappa shape index (κ3) is 2.89. The van der Waals surface area contributed by atoms with Crippen LogP contribution in [0.25, 0.3) is 0 Å². The summed E-state index contributed by atoms with van der Waals surface area (Å²) in [5.41, 5.74) is 0.304. The van der Waals surface area contributed by atoms with E-state index in [1.54, 1.807) is 23.9 Å². The lowest BCUT2D eigenvalue weighted by Crippen LogP contribution is -2.43. The fourth-order valence-corrected chi connectivity index (χ4v) is 4.30. The van der Waals surface area contributed by atoms with Gasteiger partial charge < -0.3 is 5.32 Å². The van der Waals surface area contributed by atoms with E-state index in [2.05, 4.69) is 26.1 Å². The molecule has 2 atom stereocenters. The van der Waals surface area contributed by atoms with E-state index in [9.17, 15) is 4.39 Å². The molecule has 1 aliphatic rings. The van der Waals surface area contributed by atoms with Crippen molar-refractivity contribution in [1.29, 1.82) is 0 Å². The minimum Gasteiger partial charge on any atom is -0.313 e. The average molecular weight is 267 g/mol. The van der Waals surface area contributed by atoms with Gasteiger partial charge >= 0.3 is 0 Å². The van der Waals surface area contributed by atoms with Crippen molar-refractivity contribution in [3.8, 4) is 0 Å². The summed E-state index contributed by atoms with van der Waals surface area (Å²) in [7, 11) is 0. The number of benzene rings is 1. The monoisotopic (exact) mass is 267 g/mol. The van der Waals surface area contributed by atoms with Crippen LogP contribution in [0.15, 0.2) is 29.2 Å². The molecule has 0 spiro atoms. The second-order valence-corrected chi connectivity index (χ2v) is 6.93. The Morgan fingerprint density at radius 3 is 2.78 bits per heavy atom. The van der Waals surface area contributed by atoms with Crippen molar-refractivity contribution in [2.45, 2.75) is 49.8 Å². The molecule has 0 aromatic heterocycles. The van der Waals surface area contributed by atoms with E-state index >= 15 is 0 Å². The van der Waals surface area contributed by atoms with Gasteiger partial charge in [0, 0.05) is 16.2 Å². The Hall–Kier alpha value is -0.540. The lowest BCUT2D eigenvalue weighted by atomic mass is 9.87. The Bertz CT molecular complexity index is 405. The van der Waals surface area contributed by atoms with E-state index in [0.717, 1.165) is 17.9 Å². The lowest BCUT2D eigenvalue weighted by molar-refractivity contribution is 0.290. The minimum absolute atomic E-state index is 0.0949. The van der Waals surface area contributed by atoms with Crippen LogP contribution in [0.2, 0.25) is 0 Å². The molecule has 1 nitrogen and oxygen atoms in total. The Balaban J connectivity index is 2.12. The van der Waals surface area contributed by atoms with Crippen molar-refractivity contribution in [2.75, 3.05) is 6.54 Å². The van der Waals surface area contributed by atoms with Crippen LogP contribution in [0.5, 0.6) is 0 Å². The highest BCUT2D eigenvalue weighted by Gasteiger charge is 2.41. The van der Waals surface area contributed by atoms with E-state index in [0.29, 0.717) is 16.7 Å². The molecule has 100 valence electrons. The van der Waals surface area contributed by atoms with E-state index in [4.69, 9.17) is 0 Å². The van der Waals surface area contributed by atoms with Crippen molar-refractivity contribution in [1.82, 2.24) is 5.32 Å². The predicted octanol–water partition coefficient (Wildman–Crippen LogP) is 4.08. The molecule has 1 aromatic rings. The Kier molecular flexibility index (Phi) is 4.33. The Morgan fingerprint density at radius 2 is 2.11 bits per heavy atom. The number of nitrogens with one attached hydrogen (secondary N) is 1. The molecule has 18 heavy (non-hydrogen) atoms. The topological polar surface area (TPSA) is 12.0 Å². The molecule has 0 radical (unpaired) electrons. The number of thioether (sulfide) groups is 1. The molecule has 0 aliphatic heterocycles. The molecular weight excluding hydrogens is 245 g/mol. The molecule has 2 rings (SSSR count). The summed E-state index contributed by atoms with van der Waals surface area (Å²) in [5, 5.41) is 4.05. The van der Waals surface area contributed by atoms with Crippen LogP contribution in [0.3, 0.4) is 0 Å². The van der Waals surface area contributed by atoms with Gasteiger partial charge in [-0.15, -0.1) is 11.8 Å². The molecule has 1 fully saturated rings. The van der Waals surface area contributed by atoms with Crippen molar-refractivity contribution in [3.63, 3.8) is 0 Å². The van der Waals surface area contributed by atoms with Crippen LogP contribution >= 0.6 is 11.8 Å². The highest BCUT2D eigenvalue weighted by Crippen LogP contribution is 2.45. The first-order valence-electron chi connectivity index (χ1n) is 6.69. The van der Waals surface area contributed by atoms with Gasteiger partial charge in [-0.05, 0) is 36.9 Å². The zero-order valence-electron chi connectivity index (χ0n) is 11.4. The van der Waals surface area contributed by atoms with Gasteiger partial charge in [-0.1, -0.05) is 32.9 Å². The van der Waals surface area contributed by atoms with Crippen LogP contribution < -0.4 is 5.32 Å². The molecule has 3 heteroatoms. The molecule has 1 aliphatic carbocycles. The molecule has 0 amide bonds. The largest absolute Gasteiger partial charge is 0.313 e. The van der Waals surface area contributed by atoms with E-state index in [1.807, 2.05) is 12.1 Å². The van der Waals surface area contributed by atoms with E-state index < -0.39 is 0 Å². The van der Waals surface area contributed by atoms with Crippen molar-refractivity contribution >= 4 is 11.8 Å². The van der Waals surface area contributed by atoms with Crippen molar-refractivity contribution in [2.24, 2.45) is 5.41 Å². The zero-order chi connectivity index (χ0) is 13.2. The smallest absolute Gasteiger partial charge is 0.136 e. The summed E-state index contributed by atoms with van der Waals surface area (Å²) < 4.78 is 13.7. The lowest BCUT2D eigenvalue weighted by Gasteiger charge is -2.31. The Morgan fingerprint density at radius 1 is 1.39 bits per heavy atom. The van der Waals surface area contributed by atoms with Crippen LogP contribution in [-0.2, 0) is 0 Å². The third-order valence-corrected chi connectivity index (χ3v) is 5.22. The summed E-state index contributed by atoms with van der Waals surface area (Å²) in [5.74, 6) is -0.0949. The fourth-order valence-electron chi connectivity index (χ4n) is 2.80. The van der Waals surface area contributed by atoms with Gasteiger partial charge in [0.2, 0.25) is 0 Å². The minimum atomic E-state index is -0.0949. The van der Waals surface area contributed by atoms with E-state index in [-0.39, 0.29) is 5.82 Å². The first-order chi connectivity index (χ1) is 8.54. The predicted molar refractivity (Wildman–Crippen MR) is 76.5 cm³/mol. The van der Waals surface area contributed by atoms with Gasteiger partial charge in [0.1, 0.15) is 5.82 Å². The van der Waals surface area contributed by atoms with Gasteiger partial charge in [-0.2, -0.15) is 0 Å². The first kappa shape index (κ1) is 13.9. The molecule has 2 unspecified atom stereocenters. The van der Waals surface area contributed by atoms with Gasteiger partial charge in [0.25, 0.3) is 0 Å². The number of halogens is 1. The Labute approximate surface area is 114 Å². The summed E-state index contributed by atoms with van der Waals surface area (Å²) in [6.07, 6.45) is 2.36. The maximum atomic E-state index is 13.7. The zero-order valence-corrected chi connectivity index (χ0v) is 12.2. The van der Waals surface area contributed by atoms with Gasteiger partial charge in [0.15, 0.2) is 0 Å². The molecule has 0 heterocycles. The number of hydrogen-bond acceptors (Lipinski definition) is 2. The summed E-state index contributed by atoms with van der Waals surface area (Å²) in [6, 6.07) is 7.55. The van der Waals surface area contributed by atoms with Crippen LogP contribution in [-0.4, -0.2) is 17.8 Å². The summed E-state index contributed by atoms with van der Waals surface area (Å²) >= 11 is 1.69. The molecule has 0 saturated heterocycles. The normalized spacial score (nSPS) is 26.4. The SMILES string of the molecule is CCNC1C(Sc2ccccc2F)CCC1(C)C. The first-order valence-corrected chi connectivity index (χ1v) is 7.57. The number of hydrogen-bond donors (Lipinski definition) is 1. The average Bonchev–Trinajstić information content (AvgIpc) is 2.60. The highest BCUT2D eigenvalue weighted by atomic mass is 32.2. The van der Waals surface area contributed by atoms with Crippen molar-refractivity contribution in [3.05, 3.63) is 30.1 Å². The van der Waals surface area contributed by atoms with E-state index in [1.165, 1.54) is 6.42 Å². The maximum Gasteiger partial charge on any atom is 0.136 e. The highest BCUT2D eigenvalue weighted by molar-refractivity contribution is 8.00. The molecule has 1 N–H and O–H groups in total. The maximum absolute atomic E-state index is 13.7. The second-order valence-electron chi connectivity index (χ2n) is 5.65. The fraction of sp³-hybridized carbons (Fsp3) is 0.600. The van der Waals surface area contributed by atoms with Crippen LogP contribution in [0.4, 0.5) is 4.39 Å². The number of rotatable bonds is 4. The quantitative estimate of drug-likeness (QED) is 0.882. The van der Waals surface area contributed by atoms with Gasteiger partial charge in [-0.3, -0.25) is 0 Å². The van der Waals surface area contributed by atoms with Crippen LogP contribution in [0, 0.1) is 11.2 Å².